The minimum Gasteiger partial charge on any atom is -0.497 e. The predicted molar refractivity (Wildman–Crippen MR) is 113 cm³/mol. The van der Waals surface area contributed by atoms with Gasteiger partial charge < -0.3 is 14.8 Å². The van der Waals surface area contributed by atoms with E-state index in [9.17, 15) is 10.1 Å². The fourth-order valence-corrected chi connectivity index (χ4v) is 3.21. The van der Waals surface area contributed by atoms with Gasteiger partial charge in [-0.05, 0) is 42.3 Å². The van der Waals surface area contributed by atoms with Crippen molar-refractivity contribution in [2.45, 2.75) is 19.1 Å². The standard InChI is InChI=1S/C23H24N2O4/c1-3-29-23(18-7-5-4-6-8-18)22(17-9-13-20(14-10-17)25(26)27)24-19-11-15-21(28-2)16-12-19/h4-16,22-24H,3H2,1-2H3. The number of benzene rings is 3. The van der Waals surface area contributed by atoms with Gasteiger partial charge in [0.1, 0.15) is 11.9 Å². The lowest BCUT2D eigenvalue weighted by molar-refractivity contribution is -0.384. The highest BCUT2D eigenvalue weighted by atomic mass is 16.6. The van der Waals surface area contributed by atoms with Crippen LogP contribution in [0.2, 0.25) is 0 Å². The van der Waals surface area contributed by atoms with Crippen LogP contribution in [0, 0.1) is 10.1 Å². The number of non-ortho nitro benzene ring substituents is 1. The van der Waals surface area contributed by atoms with Gasteiger partial charge in [-0.3, -0.25) is 10.1 Å². The lowest BCUT2D eigenvalue weighted by atomic mass is 9.95. The van der Waals surface area contributed by atoms with Crippen LogP contribution in [-0.2, 0) is 4.74 Å². The van der Waals surface area contributed by atoms with Gasteiger partial charge in [0.2, 0.25) is 0 Å². The summed E-state index contributed by atoms with van der Waals surface area (Å²) in [7, 11) is 1.63. The molecular weight excluding hydrogens is 368 g/mol. The third-order valence-corrected chi connectivity index (χ3v) is 4.65. The second-order valence-corrected chi connectivity index (χ2v) is 6.49. The number of rotatable bonds is 9. The molecule has 3 rings (SSSR count). The number of nitrogens with zero attached hydrogens (tertiary/aromatic N) is 1. The molecule has 6 heteroatoms. The van der Waals surface area contributed by atoms with Crippen molar-refractivity contribution in [1.29, 1.82) is 0 Å². The van der Waals surface area contributed by atoms with Crippen LogP contribution in [0.25, 0.3) is 0 Å². The van der Waals surface area contributed by atoms with Crippen molar-refractivity contribution in [1.82, 2.24) is 0 Å². The van der Waals surface area contributed by atoms with E-state index in [1.54, 1.807) is 19.2 Å². The molecule has 2 unspecified atom stereocenters. The molecule has 29 heavy (non-hydrogen) atoms. The molecule has 1 N–H and O–H groups in total. The molecule has 150 valence electrons. The summed E-state index contributed by atoms with van der Waals surface area (Å²) in [4.78, 5) is 10.6. The van der Waals surface area contributed by atoms with Gasteiger partial charge in [0.15, 0.2) is 0 Å². The van der Waals surface area contributed by atoms with Crippen LogP contribution in [0.1, 0.15) is 30.2 Å². The Morgan fingerprint density at radius 2 is 1.59 bits per heavy atom. The molecule has 3 aromatic rings. The molecule has 0 amide bonds. The summed E-state index contributed by atoms with van der Waals surface area (Å²) < 4.78 is 11.4. The predicted octanol–water partition coefficient (Wildman–Crippen LogP) is 5.53. The summed E-state index contributed by atoms with van der Waals surface area (Å²) in [6.45, 7) is 2.49. The Kier molecular flexibility index (Phi) is 6.81. The Morgan fingerprint density at radius 1 is 0.931 bits per heavy atom. The fraction of sp³-hybridized carbons (Fsp3) is 0.217. The molecule has 0 saturated heterocycles. The average Bonchev–Trinajstić information content (AvgIpc) is 2.77. The van der Waals surface area contributed by atoms with Crippen LogP contribution >= 0.6 is 0 Å². The van der Waals surface area contributed by atoms with Crippen LogP contribution in [-0.4, -0.2) is 18.6 Å². The molecule has 0 aliphatic rings. The van der Waals surface area contributed by atoms with Crippen LogP contribution in [0.3, 0.4) is 0 Å². The Hall–Kier alpha value is -3.38. The normalized spacial score (nSPS) is 12.8. The van der Waals surface area contributed by atoms with E-state index in [-0.39, 0.29) is 17.8 Å². The summed E-state index contributed by atoms with van der Waals surface area (Å²) in [5.74, 6) is 0.770. The number of methoxy groups -OCH3 is 1. The number of hydrogen-bond acceptors (Lipinski definition) is 5. The molecule has 0 saturated carbocycles. The minimum atomic E-state index is -0.396. The largest absolute Gasteiger partial charge is 0.497 e. The summed E-state index contributed by atoms with van der Waals surface area (Å²) in [5, 5.41) is 14.6. The molecule has 0 aliphatic heterocycles. The number of nitrogens with one attached hydrogen (secondary N) is 1. The number of hydrogen-bond donors (Lipinski definition) is 1. The topological polar surface area (TPSA) is 73.6 Å². The SMILES string of the molecule is CCOC(c1ccccc1)C(Nc1ccc(OC)cc1)c1ccc([N+](=O)[O-])cc1. The quantitative estimate of drug-likeness (QED) is 0.383. The molecule has 0 aliphatic carbocycles. The number of nitro groups is 1. The Morgan fingerprint density at radius 3 is 2.14 bits per heavy atom. The first-order valence-corrected chi connectivity index (χ1v) is 9.44. The molecule has 0 heterocycles. The molecular formula is C23H24N2O4. The van der Waals surface area contributed by atoms with Crippen LogP contribution in [0.4, 0.5) is 11.4 Å². The third kappa shape index (κ3) is 5.12. The monoisotopic (exact) mass is 392 g/mol. The van der Waals surface area contributed by atoms with Crippen molar-refractivity contribution in [2.24, 2.45) is 0 Å². The second kappa shape index (κ2) is 9.71. The fourth-order valence-electron chi connectivity index (χ4n) is 3.21. The highest BCUT2D eigenvalue weighted by Gasteiger charge is 2.26. The zero-order valence-corrected chi connectivity index (χ0v) is 16.4. The third-order valence-electron chi connectivity index (χ3n) is 4.65. The molecule has 0 fully saturated rings. The molecule has 6 nitrogen and oxygen atoms in total. The molecule has 3 aromatic carbocycles. The minimum absolute atomic E-state index is 0.0598. The van der Waals surface area contributed by atoms with Crippen molar-refractivity contribution in [3.05, 3.63) is 100 Å². The molecule has 0 spiro atoms. The van der Waals surface area contributed by atoms with Crippen LogP contribution in [0.15, 0.2) is 78.9 Å². The zero-order chi connectivity index (χ0) is 20.6. The van der Waals surface area contributed by atoms with Gasteiger partial charge in [-0.15, -0.1) is 0 Å². The van der Waals surface area contributed by atoms with E-state index in [1.165, 1.54) is 12.1 Å². The van der Waals surface area contributed by atoms with Gasteiger partial charge in [-0.1, -0.05) is 42.5 Å². The van der Waals surface area contributed by atoms with Crippen molar-refractivity contribution in [2.75, 3.05) is 19.0 Å². The Balaban J connectivity index is 1.99. The Labute approximate surface area is 170 Å². The maximum absolute atomic E-state index is 11.0. The van der Waals surface area contributed by atoms with Gasteiger partial charge in [0.25, 0.3) is 5.69 Å². The number of anilines is 1. The van der Waals surface area contributed by atoms with Gasteiger partial charge in [0.05, 0.1) is 18.1 Å². The second-order valence-electron chi connectivity index (χ2n) is 6.49. The van der Waals surface area contributed by atoms with Gasteiger partial charge in [-0.25, -0.2) is 0 Å². The summed E-state index contributed by atoms with van der Waals surface area (Å²) >= 11 is 0. The maximum atomic E-state index is 11.0. The first kappa shape index (κ1) is 20.4. The smallest absolute Gasteiger partial charge is 0.269 e. The summed E-state index contributed by atoms with van der Waals surface area (Å²) in [6, 6.07) is 23.9. The van der Waals surface area contributed by atoms with E-state index < -0.39 is 4.92 Å². The lowest BCUT2D eigenvalue weighted by Gasteiger charge is -2.29. The number of nitro benzene ring substituents is 1. The molecule has 0 aromatic heterocycles. The van der Waals surface area contributed by atoms with E-state index in [0.717, 1.165) is 22.6 Å². The van der Waals surface area contributed by atoms with Crippen molar-refractivity contribution >= 4 is 11.4 Å². The first-order chi connectivity index (χ1) is 14.1. The molecule has 2 atom stereocenters. The maximum Gasteiger partial charge on any atom is 0.269 e. The molecule has 0 radical (unpaired) electrons. The average molecular weight is 392 g/mol. The summed E-state index contributed by atoms with van der Waals surface area (Å²) in [5.41, 5.74) is 2.88. The first-order valence-electron chi connectivity index (χ1n) is 9.44. The van der Waals surface area contributed by atoms with Gasteiger partial charge in [-0.2, -0.15) is 0 Å². The van der Waals surface area contributed by atoms with E-state index in [4.69, 9.17) is 9.47 Å². The molecule has 0 bridgehead atoms. The van der Waals surface area contributed by atoms with E-state index in [0.29, 0.717) is 6.61 Å². The van der Waals surface area contributed by atoms with Crippen molar-refractivity contribution in [3.63, 3.8) is 0 Å². The highest BCUT2D eigenvalue weighted by molar-refractivity contribution is 5.50. The summed E-state index contributed by atoms with van der Waals surface area (Å²) in [6.07, 6.45) is -0.273. The lowest BCUT2D eigenvalue weighted by Crippen LogP contribution is -2.22. The van der Waals surface area contributed by atoms with Crippen molar-refractivity contribution in [3.8, 4) is 5.75 Å². The highest BCUT2D eigenvalue weighted by Crippen LogP contribution is 2.36. The van der Waals surface area contributed by atoms with Gasteiger partial charge in [0, 0.05) is 24.4 Å². The Bertz CT molecular complexity index is 912. The van der Waals surface area contributed by atoms with Crippen LogP contribution < -0.4 is 10.1 Å². The zero-order valence-electron chi connectivity index (χ0n) is 16.4. The van der Waals surface area contributed by atoms with Crippen molar-refractivity contribution < 1.29 is 14.4 Å². The van der Waals surface area contributed by atoms with Crippen LogP contribution in [0.5, 0.6) is 5.75 Å². The van der Waals surface area contributed by atoms with Gasteiger partial charge >= 0.3 is 0 Å². The van der Waals surface area contributed by atoms with E-state index in [2.05, 4.69) is 5.32 Å². The van der Waals surface area contributed by atoms with E-state index in [1.807, 2.05) is 61.5 Å². The van der Waals surface area contributed by atoms with E-state index >= 15 is 0 Å². The number of ether oxygens (including phenoxy) is 2.